The molecule has 0 amide bonds. The average molecular weight is 351 g/mol. The zero-order chi connectivity index (χ0) is 18.8. The lowest BCUT2D eigenvalue weighted by molar-refractivity contribution is 0.288. The second-order valence-electron chi connectivity index (χ2n) is 6.78. The Labute approximate surface area is 157 Å². The number of likely N-dealkylation sites (N-methyl/N-ethyl adjacent to an activating group) is 1. The molecule has 1 N–H and O–H groups in total. The summed E-state index contributed by atoms with van der Waals surface area (Å²) in [5.41, 5.74) is 3.80. The van der Waals surface area contributed by atoms with Crippen molar-refractivity contribution in [3.63, 3.8) is 0 Å². The molecule has 4 nitrogen and oxygen atoms in total. The molecule has 0 bridgehead atoms. The van der Waals surface area contributed by atoms with E-state index in [1.165, 1.54) is 16.7 Å². The normalized spacial score (nSPS) is 12.0. The first-order chi connectivity index (χ1) is 12.6. The third kappa shape index (κ3) is 6.51. The van der Waals surface area contributed by atoms with E-state index in [1.807, 2.05) is 12.1 Å². The van der Waals surface area contributed by atoms with Crippen molar-refractivity contribution in [2.75, 3.05) is 27.2 Å². The number of nitrogens with one attached hydrogen (secondary N) is 1. The summed E-state index contributed by atoms with van der Waals surface area (Å²) in [5, 5.41) is 12.1. The average Bonchev–Trinajstić information content (AvgIpc) is 2.63. The fourth-order valence-electron chi connectivity index (χ4n) is 2.83. The molecule has 2 aromatic rings. The Morgan fingerprint density at radius 2 is 1.92 bits per heavy atom. The summed E-state index contributed by atoms with van der Waals surface area (Å²) >= 11 is 0. The summed E-state index contributed by atoms with van der Waals surface area (Å²) in [6.07, 6.45) is 1.30. The molecule has 2 aromatic carbocycles. The fourth-order valence-corrected chi connectivity index (χ4v) is 2.83. The molecule has 0 aliphatic carbocycles. The maximum absolute atomic E-state index is 8.57. The zero-order valence-corrected chi connectivity index (χ0v) is 16.0. The number of benzene rings is 2. The van der Waals surface area contributed by atoms with Gasteiger partial charge >= 0.3 is 0 Å². The number of hydrogen-bond donors (Lipinski definition) is 1. The van der Waals surface area contributed by atoms with E-state index in [2.05, 4.69) is 73.7 Å². The van der Waals surface area contributed by atoms with Crippen molar-refractivity contribution >= 4 is 0 Å². The summed E-state index contributed by atoms with van der Waals surface area (Å²) in [6.45, 7) is 4.37. The Kier molecular flexibility index (Phi) is 8.14. The molecule has 26 heavy (non-hydrogen) atoms. The topological polar surface area (TPSA) is 48.3 Å². The zero-order valence-electron chi connectivity index (χ0n) is 16.0. The van der Waals surface area contributed by atoms with Gasteiger partial charge in [0.25, 0.3) is 0 Å². The van der Waals surface area contributed by atoms with E-state index >= 15 is 0 Å². The molecule has 0 heterocycles. The van der Waals surface area contributed by atoms with Crippen molar-refractivity contribution in [3.05, 3.63) is 65.2 Å². The minimum Gasteiger partial charge on any atom is -0.494 e. The maximum atomic E-state index is 8.57. The van der Waals surface area contributed by atoms with Crippen LogP contribution in [0, 0.1) is 18.3 Å². The van der Waals surface area contributed by atoms with Crippen LogP contribution in [0.3, 0.4) is 0 Å². The largest absolute Gasteiger partial charge is 0.494 e. The molecule has 0 spiro atoms. The lowest BCUT2D eigenvalue weighted by Crippen LogP contribution is -2.30. The predicted octanol–water partition coefficient (Wildman–Crippen LogP) is 4.07. The van der Waals surface area contributed by atoms with Crippen LogP contribution in [0.2, 0.25) is 0 Å². The van der Waals surface area contributed by atoms with Crippen molar-refractivity contribution in [1.82, 2.24) is 10.2 Å². The number of unbranched alkanes of at least 4 members (excludes halogenated alkanes) is 1. The standard InChI is InChI=1S/C22H29N3O/c1-18-9-11-20(12-10-18)22(25(2)3)17-24-16-19-7-6-8-21(15-19)26-14-5-4-13-23/h6-12,15,22,24H,4-5,14,16-17H2,1-3H3. The van der Waals surface area contributed by atoms with Gasteiger partial charge in [0.15, 0.2) is 0 Å². The third-order valence-electron chi connectivity index (χ3n) is 4.35. The van der Waals surface area contributed by atoms with Gasteiger partial charge in [-0.15, -0.1) is 0 Å². The SMILES string of the molecule is Cc1ccc(C(CNCc2cccc(OCCCC#N)c2)N(C)C)cc1. The lowest BCUT2D eigenvalue weighted by atomic mass is 10.0. The molecule has 0 aromatic heterocycles. The Bertz CT molecular complexity index is 704. The summed E-state index contributed by atoms with van der Waals surface area (Å²) in [4.78, 5) is 2.24. The minimum absolute atomic E-state index is 0.334. The van der Waals surface area contributed by atoms with E-state index in [0.717, 1.165) is 25.3 Å². The van der Waals surface area contributed by atoms with Gasteiger partial charge in [-0.05, 0) is 50.7 Å². The highest BCUT2D eigenvalue weighted by Crippen LogP contribution is 2.19. The van der Waals surface area contributed by atoms with Gasteiger partial charge in [-0.1, -0.05) is 42.0 Å². The number of aryl methyl sites for hydroxylation is 1. The van der Waals surface area contributed by atoms with Crippen LogP contribution < -0.4 is 10.1 Å². The maximum Gasteiger partial charge on any atom is 0.119 e. The van der Waals surface area contributed by atoms with Crippen LogP contribution in [-0.4, -0.2) is 32.1 Å². The van der Waals surface area contributed by atoms with Gasteiger partial charge in [0.05, 0.1) is 12.7 Å². The van der Waals surface area contributed by atoms with E-state index in [4.69, 9.17) is 10.00 Å². The summed E-state index contributed by atoms with van der Waals surface area (Å²) < 4.78 is 5.71. The second kappa shape index (κ2) is 10.6. The molecule has 0 radical (unpaired) electrons. The van der Waals surface area contributed by atoms with Gasteiger partial charge in [-0.25, -0.2) is 0 Å². The predicted molar refractivity (Wildman–Crippen MR) is 106 cm³/mol. The van der Waals surface area contributed by atoms with Gasteiger partial charge < -0.3 is 15.0 Å². The minimum atomic E-state index is 0.334. The Morgan fingerprint density at radius 3 is 2.62 bits per heavy atom. The summed E-state index contributed by atoms with van der Waals surface area (Å²) in [6, 6.07) is 19.4. The molecule has 0 aliphatic heterocycles. The number of rotatable bonds is 10. The Hall–Kier alpha value is -2.35. The highest BCUT2D eigenvalue weighted by Gasteiger charge is 2.13. The first-order valence-electron chi connectivity index (χ1n) is 9.12. The number of nitrogens with zero attached hydrogens (tertiary/aromatic N) is 2. The summed E-state index contributed by atoms with van der Waals surface area (Å²) in [7, 11) is 4.23. The number of ether oxygens (including phenoxy) is 1. The van der Waals surface area contributed by atoms with E-state index in [1.54, 1.807) is 0 Å². The fraction of sp³-hybridized carbons (Fsp3) is 0.409. The first-order valence-corrected chi connectivity index (χ1v) is 9.12. The van der Waals surface area contributed by atoms with E-state index in [-0.39, 0.29) is 0 Å². The summed E-state index contributed by atoms with van der Waals surface area (Å²) in [5.74, 6) is 0.866. The molecular formula is C22H29N3O. The van der Waals surface area contributed by atoms with Gasteiger partial charge in [-0.2, -0.15) is 5.26 Å². The van der Waals surface area contributed by atoms with Crippen LogP contribution >= 0.6 is 0 Å². The van der Waals surface area contributed by atoms with Crippen molar-refractivity contribution in [1.29, 1.82) is 5.26 Å². The van der Waals surface area contributed by atoms with E-state index < -0.39 is 0 Å². The Balaban J connectivity index is 1.87. The third-order valence-corrected chi connectivity index (χ3v) is 4.35. The van der Waals surface area contributed by atoms with Crippen LogP contribution in [0.4, 0.5) is 0 Å². The smallest absolute Gasteiger partial charge is 0.119 e. The molecule has 0 fully saturated rings. The second-order valence-corrected chi connectivity index (χ2v) is 6.78. The molecule has 138 valence electrons. The van der Waals surface area contributed by atoms with Gasteiger partial charge in [0.1, 0.15) is 5.75 Å². The molecule has 0 saturated heterocycles. The molecule has 0 aliphatic rings. The van der Waals surface area contributed by atoms with Crippen molar-refractivity contribution in [2.24, 2.45) is 0 Å². The highest BCUT2D eigenvalue weighted by molar-refractivity contribution is 5.28. The van der Waals surface area contributed by atoms with Crippen LogP contribution in [0.1, 0.15) is 35.6 Å². The number of nitriles is 1. The Morgan fingerprint density at radius 1 is 1.15 bits per heavy atom. The molecule has 4 heteroatoms. The van der Waals surface area contributed by atoms with Gasteiger partial charge in [0.2, 0.25) is 0 Å². The van der Waals surface area contributed by atoms with E-state index in [9.17, 15) is 0 Å². The van der Waals surface area contributed by atoms with Gasteiger partial charge in [0, 0.05) is 25.6 Å². The quantitative estimate of drug-likeness (QED) is 0.656. The molecule has 0 saturated carbocycles. The van der Waals surface area contributed by atoms with Crippen LogP contribution in [0.5, 0.6) is 5.75 Å². The highest BCUT2D eigenvalue weighted by atomic mass is 16.5. The van der Waals surface area contributed by atoms with Crippen LogP contribution in [0.25, 0.3) is 0 Å². The van der Waals surface area contributed by atoms with Crippen molar-refractivity contribution in [2.45, 2.75) is 32.4 Å². The first kappa shape index (κ1) is 20.0. The molecular weight excluding hydrogens is 322 g/mol. The van der Waals surface area contributed by atoms with Crippen LogP contribution in [0.15, 0.2) is 48.5 Å². The lowest BCUT2D eigenvalue weighted by Gasteiger charge is -2.25. The van der Waals surface area contributed by atoms with Crippen molar-refractivity contribution < 1.29 is 4.74 Å². The van der Waals surface area contributed by atoms with E-state index in [0.29, 0.717) is 19.1 Å². The number of hydrogen-bond acceptors (Lipinski definition) is 4. The monoisotopic (exact) mass is 351 g/mol. The molecule has 2 rings (SSSR count). The van der Waals surface area contributed by atoms with Gasteiger partial charge in [-0.3, -0.25) is 0 Å². The molecule has 1 atom stereocenters. The molecule has 1 unspecified atom stereocenters. The van der Waals surface area contributed by atoms with Crippen LogP contribution in [-0.2, 0) is 6.54 Å². The van der Waals surface area contributed by atoms with Crippen molar-refractivity contribution in [3.8, 4) is 11.8 Å².